The molecule has 0 spiro atoms. The van der Waals surface area contributed by atoms with Gasteiger partial charge < -0.3 is 10.6 Å². The minimum Gasteiger partial charge on any atom is -0.356 e. The first-order valence-corrected chi connectivity index (χ1v) is 5.29. The van der Waals surface area contributed by atoms with Gasteiger partial charge in [0.15, 0.2) is 5.96 Å². The molecule has 1 aliphatic carbocycles. The number of rotatable bonds is 2. The summed E-state index contributed by atoms with van der Waals surface area (Å²) in [4.78, 5) is 4.43. The SMILES string of the molecule is CC(C)C1(NC2=NCCCN2)CC1. The fraction of sp³-hybridized carbons (Fsp3) is 0.900. The zero-order valence-corrected chi connectivity index (χ0v) is 8.56. The molecule has 0 aromatic heterocycles. The third-order valence-electron chi connectivity index (χ3n) is 3.16. The van der Waals surface area contributed by atoms with Gasteiger partial charge in [-0.05, 0) is 25.2 Å². The van der Waals surface area contributed by atoms with Gasteiger partial charge in [0.05, 0.1) is 0 Å². The Labute approximate surface area is 80.0 Å². The summed E-state index contributed by atoms with van der Waals surface area (Å²) in [5, 5.41) is 6.85. The Morgan fingerprint density at radius 1 is 1.46 bits per heavy atom. The molecule has 13 heavy (non-hydrogen) atoms. The van der Waals surface area contributed by atoms with Crippen LogP contribution in [-0.2, 0) is 0 Å². The molecule has 1 saturated carbocycles. The first-order chi connectivity index (χ1) is 6.23. The summed E-state index contributed by atoms with van der Waals surface area (Å²) in [5.74, 6) is 1.73. The number of hydrogen-bond acceptors (Lipinski definition) is 3. The Hall–Kier alpha value is -0.730. The molecule has 0 aromatic rings. The lowest BCUT2D eigenvalue weighted by Crippen LogP contribution is -2.49. The Kier molecular flexibility index (Phi) is 2.18. The summed E-state index contributed by atoms with van der Waals surface area (Å²) in [6, 6.07) is 0. The molecule has 2 rings (SSSR count). The monoisotopic (exact) mass is 181 g/mol. The molecule has 74 valence electrons. The summed E-state index contributed by atoms with van der Waals surface area (Å²) in [6.45, 7) is 6.61. The number of aliphatic imine (C=N–C) groups is 1. The zero-order chi connectivity index (χ0) is 9.31. The lowest BCUT2D eigenvalue weighted by atomic mass is 10.0. The van der Waals surface area contributed by atoms with Gasteiger partial charge in [-0.25, -0.2) is 0 Å². The van der Waals surface area contributed by atoms with Crippen molar-refractivity contribution in [2.75, 3.05) is 13.1 Å². The van der Waals surface area contributed by atoms with E-state index in [2.05, 4.69) is 29.5 Å². The van der Waals surface area contributed by atoms with Gasteiger partial charge in [0.2, 0.25) is 0 Å². The molecular formula is C10H19N3. The van der Waals surface area contributed by atoms with Crippen LogP contribution in [0.25, 0.3) is 0 Å². The van der Waals surface area contributed by atoms with Gasteiger partial charge in [0, 0.05) is 18.6 Å². The van der Waals surface area contributed by atoms with E-state index in [0.29, 0.717) is 11.5 Å². The van der Waals surface area contributed by atoms with Crippen LogP contribution in [0.15, 0.2) is 4.99 Å². The molecule has 0 bridgehead atoms. The van der Waals surface area contributed by atoms with Gasteiger partial charge in [-0.1, -0.05) is 13.8 Å². The van der Waals surface area contributed by atoms with Crippen molar-refractivity contribution in [3.8, 4) is 0 Å². The van der Waals surface area contributed by atoms with Gasteiger partial charge in [-0.15, -0.1) is 0 Å². The van der Waals surface area contributed by atoms with Crippen LogP contribution in [0, 0.1) is 5.92 Å². The summed E-state index contributed by atoms with van der Waals surface area (Å²) < 4.78 is 0. The van der Waals surface area contributed by atoms with Crippen LogP contribution in [0.1, 0.15) is 33.1 Å². The van der Waals surface area contributed by atoms with E-state index in [0.717, 1.165) is 19.0 Å². The first-order valence-electron chi connectivity index (χ1n) is 5.29. The van der Waals surface area contributed by atoms with Gasteiger partial charge in [-0.3, -0.25) is 4.99 Å². The second kappa shape index (κ2) is 3.20. The van der Waals surface area contributed by atoms with Crippen molar-refractivity contribution in [3.63, 3.8) is 0 Å². The lowest BCUT2D eigenvalue weighted by Gasteiger charge is -2.25. The van der Waals surface area contributed by atoms with E-state index >= 15 is 0 Å². The molecule has 0 unspecified atom stereocenters. The number of guanidine groups is 1. The summed E-state index contributed by atoms with van der Waals surface area (Å²) in [5.41, 5.74) is 0.364. The number of nitrogens with zero attached hydrogens (tertiary/aromatic N) is 1. The van der Waals surface area contributed by atoms with E-state index in [1.807, 2.05) is 0 Å². The molecule has 1 fully saturated rings. The normalized spacial score (nSPS) is 25.0. The van der Waals surface area contributed by atoms with Gasteiger partial charge in [0.25, 0.3) is 0 Å². The highest BCUT2D eigenvalue weighted by Gasteiger charge is 2.46. The molecule has 0 atom stereocenters. The molecule has 0 radical (unpaired) electrons. The predicted octanol–water partition coefficient (Wildman–Crippen LogP) is 1.11. The van der Waals surface area contributed by atoms with Crippen molar-refractivity contribution in [2.45, 2.75) is 38.6 Å². The van der Waals surface area contributed by atoms with Crippen LogP contribution >= 0.6 is 0 Å². The molecule has 1 aliphatic heterocycles. The van der Waals surface area contributed by atoms with Crippen LogP contribution in [-0.4, -0.2) is 24.6 Å². The predicted molar refractivity (Wildman–Crippen MR) is 54.9 cm³/mol. The average molecular weight is 181 g/mol. The molecule has 0 saturated heterocycles. The van der Waals surface area contributed by atoms with Crippen molar-refractivity contribution in [1.29, 1.82) is 0 Å². The molecule has 0 aromatic carbocycles. The maximum atomic E-state index is 4.43. The van der Waals surface area contributed by atoms with Crippen LogP contribution in [0.3, 0.4) is 0 Å². The highest BCUT2D eigenvalue weighted by molar-refractivity contribution is 5.81. The standard InChI is InChI=1S/C10H19N3/c1-8(2)10(4-5-10)13-9-11-6-3-7-12-9/h8H,3-7H2,1-2H3,(H2,11,12,13). The Balaban J connectivity index is 1.93. The van der Waals surface area contributed by atoms with Crippen LogP contribution < -0.4 is 10.6 Å². The quantitative estimate of drug-likeness (QED) is 0.669. The third-order valence-corrected chi connectivity index (χ3v) is 3.16. The molecule has 0 amide bonds. The Morgan fingerprint density at radius 2 is 2.23 bits per heavy atom. The van der Waals surface area contributed by atoms with E-state index in [9.17, 15) is 0 Å². The summed E-state index contributed by atoms with van der Waals surface area (Å²) in [7, 11) is 0. The minimum absolute atomic E-state index is 0.364. The lowest BCUT2D eigenvalue weighted by molar-refractivity contribution is 0.428. The number of hydrogen-bond donors (Lipinski definition) is 2. The second-order valence-corrected chi connectivity index (χ2v) is 4.45. The van der Waals surface area contributed by atoms with Crippen molar-refractivity contribution in [1.82, 2.24) is 10.6 Å². The average Bonchev–Trinajstić information content (AvgIpc) is 2.87. The van der Waals surface area contributed by atoms with Gasteiger partial charge in [-0.2, -0.15) is 0 Å². The van der Waals surface area contributed by atoms with Crippen LogP contribution in [0.5, 0.6) is 0 Å². The van der Waals surface area contributed by atoms with Crippen molar-refractivity contribution in [3.05, 3.63) is 0 Å². The fourth-order valence-electron chi connectivity index (χ4n) is 1.83. The van der Waals surface area contributed by atoms with Gasteiger partial charge in [0.1, 0.15) is 0 Å². The molecule has 1 heterocycles. The van der Waals surface area contributed by atoms with E-state index in [1.54, 1.807) is 0 Å². The van der Waals surface area contributed by atoms with Crippen molar-refractivity contribution < 1.29 is 0 Å². The highest BCUT2D eigenvalue weighted by atomic mass is 15.2. The molecule has 2 aliphatic rings. The zero-order valence-electron chi connectivity index (χ0n) is 8.56. The maximum absolute atomic E-state index is 4.43. The van der Waals surface area contributed by atoms with Crippen LogP contribution in [0.2, 0.25) is 0 Å². The van der Waals surface area contributed by atoms with Crippen LogP contribution in [0.4, 0.5) is 0 Å². The van der Waals surface area contributed by atoms with Gasteiger partial charge >= 0.3 is 0 Å². The smallest absolute Gasteiger partial charge is 0.191 e. The van der Waals surface area contributed by atoms with E-state index in [4.69, 9.17) is 0 Å². The summed E-state index contributed by atoms with van der Waals surface area (Å²) >= 11 is 0. The van der Waals surface area contributed by atoms with E-state index in [-0.39, 0.29) is 0 Å². The van der Waals surface area contributed by atoms with Crippen molar-refractivity contribution >= 4 is 5.96 Å². The third kappa shape index (κ3) is 1.79. The Bertz CT molecular complexity index is 216. The summed E-state index contributed by atoms with van der Waals surface area (Å²) in [6.07, 6.45) is 3.76. The highest BCUT2D eigenvalue weighted by Crippen LogP contribution is 2.41. The van der Waals surface area contributed by atoms with Crippen molar-refractivity contribution in [2.24, 2.45) is 10.9 Å². The molecular weight excluding hydrogens is 162 g/mol. The topological polar surface area (TPSA) is 36.4 Å². The Morgan fingerprint density at radius 3 is 2.69 bits per heavy atom. The first kappa shape index (κ1) is 8.85. The fourth-order valence-corrected chi connectivity index (χ4v) is 1.83. The molecule has 2 N–H and O–H groups in total. The maximum Gasteiger partial charge on any atom is 0.191 e. The minimum atomic E-state index is 0.364. The van der Waals surface area contributed by atoms with E-state index in [1.165, 1.54) is 19.3 Å². The molecule has 3 heteroatoms. The van der Waals surface area contributed by atoms with E-state index < -0.39 is 0 Å². The largest absolute Gasteiger partial charge is 0.356 e. The second-order valence-electron chi connectivity index (χ2n) is 4.45. The molecule has 3 nitrogen and oxygen atoms in total. The number of nitrogens with one attached hydrogen (secondary N) is 2.